The second kappa shape index (κ2) is 14.5. The van der Waals surface area contributed by atoms with Crippen LogP contribution in [-0.4, -0.2) is 70.5 Å². The molecule has 0 saturated carbocycles. The lowest BCUT2D eigenvalue weighted by Crippen LogP contribution is -2.45. The SMILES string of the molecule is CCC1CN2CCc3cc(OC)c(OC)cc3C2CC1c1cc(OC)c(OC)cc1CCCC(=O)CNC(=O)OC(C)(C)C. The molecule has 0 bridgehead atoms. The van der Waals surface area contributed by atoms with Gasteiger partial charge in [0, 0.05) is 25.6 Å². The molecule has 9 heteroatoms. The number of alkyl carbamates (subject to hydrolysis) is 1. The molecule has 3 unspecified atom stereocenters. The molecule has 0 spiro atoms. The van der Waals surface area contributed by atoms with Gasteiger partial charge in [-0.05, 0) is 105 Å². The number of carbonyl (C=O) groups is 2. The summed E-state index contributed by atoms with van der Waals surface area (Å²) in [5.74, 6) is 3.70. The number of benzene rings is 2. The van der Waals surface area contributed by atoms with Gasteiger partial charge >= 0.3 is 6.09 Å². The Labute approximate surface area is 262 Å². The van der Waals surface area contributed by atoms with Crippen molar-refractivity contribution in [2.24, 2.45) is 5.92 Å². The summed E-state index contributed by atoms with van der Waals surface area (Å²) in [6, 6.07) is 8.82. The van der Waals surface area contributed by atoms with Crippen molar-refractivity contribution in [3.8, 4) is 23.0 Å². The Balaban J connectivity index is 1.57. The number of aryl methyl sites for hydroxylation is 1. The first-order valence-corrected chi connectivity index (χ1v) is 15.7. The van der Waals surface area contributed by atoms with Crippen LogP contribution in [0.25, 0.3) is 0 Å². The van der Waals surface area contributed by atoms with Crippen LogP contribution in [-0.2, 0) is 22.4 Å². The van der Waals surface area contributed by atoms with Gasteiger partial charge in [0.2, 0.25) is 0 Å². The summed E-state index contributed by atoms with van der Waals surface area (Å²) in [6.45, 7) is 9.66. The standard InChI is InChI=1S/C35H50N2O7/c1-9-22-21-37-14-13-24-16-31(41-6)33(43-8)19-28(24)29(37)17-26(22)27-18-32(42-7)30(40-5)15-23(27)11-10-12-25(38)20-36-34(39)44-35(2,3)4/h15-16,18-19,22,26,29H,9-14,17,20-21H2,1-8H3,(H,36,39). The van der Waals surface area contributed by atoms with Crippen molar-refractivity contribution in [3.05, 3.63) is 46.5 Å². The third-order valence-corrected chi connectivity index (χ3v) is 8.93. The molecule has 0 radical (unpaired) electrons. The van der Waals surface area contributed by atoms with Crippen LogP contribution in [0.4, 0.5) is 4.79 Å². The fourth-order valence-corrected chi connectivity index (χ4v) is 6.78. The molecule has 0 aliphatic carbocycles. The van der Waals surface area contributed by atoms with Crippen LogP contribution in [0.15, 0.2) is 24.3 Å². The summed E-state index contributed by atoms with van der Waals surface area (Å²) in [5.41, 5.74) is 4.47. The van der Waals surface area contributed by atoms with Gasteiger partial charge in [-0.2, -0.15) is 0 Å². The second-order valence-corrected chi connectivity index (χ2v) is 12.8. The molecule has 4 rings (SSSR count). The normalized spacial score (nSPS) is 19.8. The Hall–Kier alpha value is -3.46. The highest BCUT2D eigenvalue weighted by molar-refractivity contribution is 5.84. The second-order valence-electron chi connectivity index (χ2n) is 12.8. The van der Waals surface area contributed by atoms with Gasteiger partial charge in [-0.15, -0.1) is 0 Å². The number of hydrogen-bond acceptors (Lipinski definition) is 8. The van der Waals surface area contributed by atoms with E-state index in [1.54, 1.807) is 49.2 Å². The van der Waals surface area contributed by atoms with Crippen LogP contribution in [0.5, 0.6) is 23.0 Å². The molecule has 2 aliphatic heterocycles. The number of fused-ring (bicyclic) bond motifs is 3. The van der Waals surface area contributed by atoms with E-state index in [9.17, 15) is 9.59 Å². The molecule has 9 nitrogen and oxygen atoms in total. The Kier molecular flexibility index (Phi) is 11.1. The van der Waals surface area contributed by atoms with Crippen molar-refractivity contribution >= 4 is 11.9 Å². The van der Waals surface area contributed by atoms with Gasteiger partial charge in [0.1, 0.15) is 5.60 Å². The average Bonchev–Trinajstić information content (AvgIpc) is 3.01. The number of nitrogens with zero attached hydrogens (tertiary/aromatic N) is 1. The quantitative estimate of drug-likeness (QED) is 0.301. The van der Waals surface area contributed by atoms with Crippen molar-refractivity contribution in [2.45, 2.75) is 83.8 Å². The molecule has 2 aromatic rings. The topological polar surface area (TPSA) is 95.6 Å². The predicted molar refractivity (Wildman–Crippen MR) is 170 cm³/mol. The van der Waals surface area contributed by atoms with Crippen LogP contribution >= 0.6 is 0 Å². The van der Waals surface area contributed by atoms with Gasteiger partial charge in [-0.25, -0.2) is 4.79 Å². The molecule has 3 atom stereocenters. The fourth-order valence-electron chi connectivity index (χ4n) is 6.78. The monoisotopic (exact) mass is 610 g/mol. The molecule has 1 N–H and O–H groups in total. The van der Waals surface area contributed by atoms with E-state index in [0.29, 0.717) is 30.4 Å². The Morgan fingerprint density at radius 1 is 0.909 bits per heavy atom. The molecule has 1 fully saturated rings. The van der Waals surface area contributed by atoms with E-state index in [-0.39, 0.29) is 18.4 Å². The van der Waals surface area contributed by atoms with Crippen LogP contribution in [0, 0.1) is 5.92 Å². The van der Waals surface area contributed by atoms with Crippen molar-refractivity contribution in [3.63, 3.8) is 0 Å². The zero-order valence-corrected chi connectivity index (χ0v) is 27.7. The van der Waals surface area contributed by atoms with E-state index < -0.39 is 11.7 Å². The zero-order valence-electron chi connectivity index (χ0n) is 27.7. The first-order valence-electron chi connectivity index (χ1n) is 15.7. The van der Waals surface area contributed by atoms with Crippen molar-refractivity contribution in [1.82, 2.24) is 10.2 Å². The lowest BCUT2D eigenvalue weighted by Gasteiger charge is -2.48. The summed E-state index contributed by atoms with van der Waals surface area (Å²) in [4.78, 5) is 27.3. The van der Waals surface area contributed by atoms with Gasteiger partial charge < -0.3 is 29.0 Å². The van der Waals surface area contributed by atoms with E-state index in [2.05, 4.69) is 41.4 Å². The van der Waals surface area contributed by atoms with E-state index >= 15 is 0 Å². The zero-order chi connectivity index (χ0) is 32.0. The molecule has 44 heavy (non-hydrogen) atoms. The van der Waals surface area contributed by atoms with E-state index in [1.807, 2.05) is 0 Å². The third kappa shape index (κ3) is 7.78. The largest absolute Gasteiger partial charge is 0.493 e. The van der Waals surface area contributed by atoms with E-state index in [4.69, 9.17) is 23.7 Å². The number of rotatable bonds is 12. The van der Waals surface area contributed by atoms with Gasteiger partial charge in [-0.3, -0.25) is 9.69 Å². The number of nitrogens with one attached hydrogen (secondary N) is 1. The van der Waals surface area contributed by atoms with Gasteiger partial charge in [0.15, 0.2) is 28.8 Å². The molecule has 0 aromatic heterocycles. The number of methoxy groups -OCH3 is 4. The maximum absolute atomic E-state index is 12.6. The molecule has 242 valence electrons. The maximum atomic E-state index is 12.6. The Morgan fingerprint density at radius 2 is 1.52 bits per heavy atom. The van der Waals surface area contributed by atoms with Crippen molar-refractivity contribution in [1.29, 1.82) is 0 Å². The highest BCUT2D eigenvalue weighted by Crippen LogP contribution is 2.50. The average molecular weight is 611 g/mol. The fraction of sp³-hybridized carbons (Fsp3) is 0.600. The summed E-state index contributed by atoms with van der Waals surface area (Å²) in [7, 11) is 6.71. The molecular formula is C35H50N2O7. The first kappa shape index (κ1) is 33.4. The third-order valence-electron chi connectivity index (χ3n) is 8.93. The first-order chi connectivity index (χ1) is 21.0. The summed E-state index contributed by atoms with van der Waals surface area (Å²) in [6.07, 6.45) is 4.19. The lowest BCUT2D eigenvalue weighted by atomic mass is 9.71. The van der Waals surface area contributed by atoms with Crippen LogP contribution < -0.4 is 24.3 Å². The number of ether oxygens (including phenoxy) is 5. The van der Waals surface area contributed by atoms with Crippen molar-refractivity contribution < 1.29 is 33.3 Å². The molecule has 2 aromatic carbocycles. The Morgan fingerprint density at radius 3 is 2.14 bits per heavy atom. The summed E-state index contributed by atoms with van der Waals surface area (Å²) < 4.78 is 28.0. The van der Waals surface area contributed by atoms with Gasteiger partial charge in [-0.1, -0.05) is 13.3 Å². The summed E-state index contributed by atoms with van der Waals surface area (Å²) >= 11 is 0. The van der Waals surface area contributed by atoms with Gasteiger partial charge in [0.25, 0.3) is 0 Å². The lowest BCUT2D eigenvalue weighted by molar-refractivity contribution is -0.118. The van der Waals surface area contributed by atoms with E-state index in [1.165, 1.54) is 22.3 Å². The minimum atomic E-state index is -0.609. The van der Waals surface area contributed by atoms with E-state index in [0.717, 1.165) is 56.0 Å². The number of carbonyl (C=O) groups excluding carboxylic acids is 2. The number of amides is 1. The minimum Gasteiger partial charge on any atom is -0.493 e. The summed E-state index contributed by atoms with van der Waals surface area (Å²) in [5, 5.41) is 2.58. The molecule has 1 amide bonds. The Bertz CT molecular complexity index is 1320. The number of Topliss-reactive ketones (excluding diaryl/α,β-unsaturated/α-hetero) is 1. The highest BCUT2D eigenvalue weighted by atomic mass is 16.6. The number of hydrogen-bond donors (Lipinski definition) is 1. The minimum absolute atomic E-state index is 0.0270. The molecular weight excluding hydrogens is 560 g/mol. The van der Waals surface area contributed by atoms with Gasteiger partial charge in [0.05, 0.1) is 35.0 Å². The number of piperidine rings is 1. The predicted octanol–water partition coefficient (Wildman–Crippen LogP) is 6.25. The molecule has 2 heterocycles. The number of ketones is 1. The van der Waals surface area contributed by atoms with Crippen molar-refractivity contribution in [2.75, 3.05) is 48.1 Å². The van der Waals surface area contributed by atoms with Crippen LogP contribution in [0.2, 0.25) is 0 Å². The van der Waals surface area contributed by atoms with Crippen LogP contribution in [0.3, 0.4) is 0 Å². The highest BCUT2D eigenvalue weighted by Gasteiger charge is 2.40. The van der Waals surface area contributed by atoms with Crippen LogP contribution in [0.1, 0.15) is 87.6 Å². The molecule has 2 aliphatic rings. The maximum Gasteiger partial charge on any atom is 0.408 e. The smallest absolute Gasteiger partial charge is 0.408 e. The molecule has 1 saturated heterocycles.